The SMILES string of the molecule is CCCCN(CC1CCCN1)CC1CC(F)(F)C(=O)O1. The molecular formula is C14H24F2N2O2. The lowest BCUT2D eigenvalue weighted by atomic mass is 10.1. The summed E-state index contributed by atoms with van der Waals surface area (Å²) in [5, 5.41) is 3.42. The van der Waals surface area contributed by atoms with E-state index in [1.54, 1.807) is 0 Å². The molecule has 2 aliphatic heterocycles. The number of rotatable bonds is 7. The summed E-state index contributed by atoms with van der Waals surface area (Å²) in [4.78, 5) is 13.2. The molecule has 0 aliphatic carbocycles. The summed E-state index contributed by atoms with van der Waals surface area (Å²) in [5.41, 5.74) is 0. The van der Waals surface area contributed by atoms with E-state index in [1.165, 1.54) is 6.42 Å². The number of hydrogen-bond donors (Lipinski definition) is 1. The van der Waals surface area contributed by atoms with Gasteiger partial charge in [0.25, 0.3) is 0 Å². The van der Waals surface area contributed by atoms with Gasteiger partial charge in [-0.15, -0.1) is 0 Å². The standard InChI is InChI=1S/C14H24F2N2O2/c1-2-3-7-18(9-11-5-4-6-17-11)10-12-8-14(15,16)13(19)20-12/h11-12,17H,2-10H2,1H3. The molecule has 4 nitrogen and oxygen atoms in total. The Kier molecular flexibility index (Phi) is 5.32. The first-order chi connectivity index (χ1) is 9.51. The summed E-state index contributed by atoms with van der Waals surface area (Å²) < 4.78 is 31.2. The first-order valence-corrected chi connectivity index (χ1v) is 7.56. The molecule has 2 heterocycles. The topological polar surface area (TPSA) is 41.6 Å². The normalized spacial score (nSPS) is 29.1. The van der Waals surface area contributed by atoms with Crippen LogP contribution in [-0.4, -0.2) is 55.1 Å². The van der Waals surface area contributed by atoms with Crippen LogP contribution in [0.3, 0.4) is 0 Å². The Morgan fingerprint density at radius 3 is 2.80 bits per heavy atom. The van der Waals surface area contributed by atoms with Crippen molar-refractivity contribution in [3.05, 3.63) is 0 Å². The third-order valence-corrected chi connectivity index (χ3v) is 3.99. The molecule has 116 valence electrons. The van der Waals surface area contributed by atoms with Gasteiger partial charge in [-0.05, 0) is 32.4 Å². The van der Waals surface area contributed by atoms with Crippen molar-refractivity contribution in [3.63, 3.8) is 0 Å². The predicted molar refractivity (Wildman–Crippen MR) is 71.8 cm³/mol. The van der Waals surface area contributed by atoms with Crippen LogP contribution in [0, 0.1) is 0 Å². The lowest BCUT2D eigenvalue weighted by Gasteiger charge is -2.27. The number of halogens is 2. The van der Waals surface area contributed by atoms with Crippen LogP contribution in [0.4, 0.5) is 8.78 Å². The summed E-state index contributed by atoms with van der Waals surface area (Å²) in [6.45, 7) is 5.27. The third kappa shape index (κ3) is 4.12. The molecule has 2 atom stereocenters. The van der Waals surface area contributed by atoms with E-state index in [-0.39, 0.29) is 0 Å². The Bertz CT molecular complexity index is 333. The van der Waals surface area contributed by atoms with E-state index in [2.05, 4.69) is 17.1 Å². The molecule has 2 aliphatic rings. The summed E-state index contributed by atoms with van der Waals surface area (Å²) in [6, 6.07) is 0.435. The van der Waals surface area contributed by atoms with Gasteiger partial charge in [-0.3, -0.25) is 4.90 Å². The van der Waals surface area contributed by atoms with Crippen LogP contribution in [-0.2, 0) is 9.53 Å². The molecule has 0 spiro atoms. The molecule has 0 radical (unpaired) electrons. The number of nitrogens with one attached hydrogen (secondary N) is 1. The van der Waals surface area contributed by atoms with Gasteiger partial charge in [0.2, 0.25) is 0 Å². The lowest BCUT2D eigenvalue weighted by Crippen LogP contribution is -2.41. The quantitative estimate of drug-likeness (QED) is 0.726. The largest absolute Gasteiger partial charge is 0.456 e. The van der Waals surface area contributed by atoms with E-state index in [9.17, 15) is 13.6 Å². The maximum Gasteiger partial charge on any atom is 0.377 e. The zero-order chi connectivity index (χ0) is 14.6. The Labute approximate surface area is 118 Å². The fourth-order valence-electron chi connectivity index (χ4n) is 2.90. The number of unbranched alkanes of at least 4 members (excludes halogenated alkanes) is 1. The first kappa shape index (κ1) is 15.6. The van der Waals surface area contributed by atoms with E-state index in [1.807, 2.05) is 0 Å². The predicted octanol–water partition coefficient (Wildman–Crippen LogP) is 1.79. The molecule has 20 heavy (non-hydrogen) atoms. The Balaban J connectivity index is 1.85. The molecule has 0 aromatic heterocycles. The number of cyclic esters (lactones) is 1. The van der Waals surface area contributed by atoms with Crippen molar-refractivity contribution in [3.8, 4) is 0 Å². The minimum atomic E-state index is -3.30. The van der Waals surface area contributed by atoms with Gasteiger partial charge in [0.1, 0.15) is 6.10 Å². The van der Waals surface area contributed by atoms with Gasteiger partial charge in [0.15, 0.2) is 0 Å². The molecule has 0 bridgehead atoms. The van der Waals surface area contributed by atoms with Crippen molar-refractivity contribution in [1.29, 1.82) is 0 Å². The van der Waals surface area contributed by atoms with Crippen molar-refractivity contribution in [1.82, 2.24) is 10.2 Å². The fraction of sp³-hybridized carbons (Fsp3) is 0.929. The molecule has 2 rings (SSSR count). The fourth-order valence-corrected chi connectivity index (χ4v) is 2.90. The summed E-state index contributed by atoms with van der Waals surface area (Å²) in [5.74, 6) is -4.66. The zero-order valence-electron chi connectivity index (χ0n) is 12.0. The number of nitrogens with zero attached hydrogens (tertiary/aromatic N) is 1. The number of esters is 1. The van der Waals surface area contributed by atoms with Gasteiger partial charge < -0.3 is 10.1 Å². The number of hydrogen-bond acceptors (Lipinski definition) is 4. The van der Waals surface area contributed by atoms with Gasteiger partial charge in [0.05, 0.1) is 6.42 Å². The first-order valence-electron chi connectivity index (χ1n) is 7.56. The molecule has 0 aromatic rings. The molecule has 2 unspecified atom stereocenters. The number of carbonyl (C=O) groups excluding carboxylic acids is 1. The third-order valence-electron chi connectivity index (χ3n) is 3.99. The van der Waals surface area contributed by atoms with E-state index in [0.717, 1.165) is 38.9 Å². The maximum atomic E-state index is 13.2. The van der Waals surface area contributed by atoms with Gasteiger partial charge in [-0.2, -0.15) is 8.78 Å². The highest BCUT2D eigenvalue weighted by molar-refractivity contribution is 5.79. The van der Waals surface area contributed by atoms with Crippen LogP contribution in [0.2, 0.25) is 0 Å². The van der Waals surface area contributed by atoms with Crippen LogP contribution in [0.1, 0.15) is 39.0 Å². The Hall–Kier alpha value is -0.750. The molecule has 2 saturated heterocycles. The monoisotopic (exact) mass is 290 g/mol. The van der Waals surface area contributed by atoms with Gasteiger partial charge in [-0.1, -0.05) is 13.3 Å². The van der Waals surface area contributed by atoms with Crippen LogP contribution in [0.5, 0.6) is 0 Å². The lowest BCUT2D eigenvalue weighted by molar-refractivity contribution is -0.159. The molecule has 2 fully saturated rings. The van der Waals surface area contributed by atoms with Crippen molar-refractivity contribution < 1.29 is 18.3 Å². The van der Waals surface area contributed by atoms with Crippen LogP contribution < -0.4 is 5.32 Å². The average Bonchev–Trinajstić information content (AvgIpc) is 2.95. The highest BCUT2D eigenvalue weighted by Crippen LogP contribution is 2.31. The molecule has 0 aromatic carbocycles. The molecule has 6 heteroatoms. The highest BCUT2D eigenvalue weighted by Gasteiger charge is 2.51. The molecular weight excluding hydrogens is 266 g/mol. The molecule has 0 amide bonds. The van der Waals surface area contributed by atoms with Crippen LogP contribution in [0.15, 0.2) is 0 Å². The minimum absolute atomic E-state index is 0.416. The van der Waals surface area contributed by atoms with Crippen molar-refractivity contribution in [2.24, 2.45) is 0 Å². The number of alkyl halides is 2. The minimum Gasteiger partial charge on any atom is -0.456 e. The van der Waals surface area contributed by atoms with E-state index in [4.69, 9.17) is 4.74 Å². The van der Waals surface area contributed by atoms with Gasteiger partial charge in [0, 0.05) is 19.1 Å². The second-order valence-electron chi connectivity index (χ2n) is 5.84. The Morgan fingerprint density at radius 2 is 2.25 bits per heavy atom. The summed E-state index contributed by atoms with van der Waals surface area (Å²) in [6.07, 6.45) is 3.24. The number of carbonyl (C=O) groups is 1. The van der Waals surface area contributed by atoms with Crippen molar-refractivity contribution in [2.75, 3.05) is 26.2 Å². The van der Waals surface area contributed by atoms with Crippen LogP contribution in [0.25, 0.3) is 0 Å². The van der Waals surface area contributed by atoms with Gasteiger partial charge >= 0.3 is 11.9 Å². The average molecular weight is 290 g/mol. The Morgan fingerprint density at radius 1 is 1.45 bits per heavy atom. The molecule has 0 saturated carbocycles. The van der Waals surface area contributed by atoms with E-state index in [0.29, 0.717) is 12.6 Å². The summed E-state index contributed by atoms with van der Waals surface area (Å²) >= 11 is 0. The summed E-state index contributed by atoms with van der Waals surface area (Å²) in [7, 11) is 0. The second-order valence-corrected chi connectivity index (χ2v) is 5.84. The smallest absolute Gasteiger partial charge is 0.377 e. The van der Waals surface area contributed by atoms with Crippen LogP contribution >= 0.6 is 0 Å². The maximum absolute atomic E-state index is 13.2. The van der Waals surface area contributed by atoms with E-state index < -0.39 is 24.4 Å². The van der Waals surface area contributed by atoms with E-state index >= 15 is 0 Å². The van der Waals surface area contributed by atoms with Crippen molar-refractivity contribution >= 4 is 5.97 Å². The zero-order valence-corrected chi connectivity index (χ0v) is 12.0. The van der Waals surface area contributed by atoms with Crippen molar-refractivity contribution in [2.45, 2.75) is 57.1 Å². The van der Waals surface area contributed by atoms with Gasteiger partial charge in [-0.25, -0.2) is 4.79 Å². The molecule has 1 N–H and O–H groups in total. The second kappa shape index (κ2) is 6.80. The number of ether oxygens (including phenoxy) is 1. The highest BCUT2D eigenvalue weighted by atomic mass is 19.3.